The molecule has 3 heterocycles. The predicted octanol–water partition coefficient (Wildman–Crippen LogP) is 4.10. The van der Waals surface area contributed by atoms with E-state index in [9.17, 15) is 9.90 Å². The number of aliphatic hydroxyl groups is 1. The lowest BCUT2D eigenvalue weighted by Crippen LogP contribution is -2.44. The van der Waals surface area contributed by atoms with Crippen molar-refractivity contribution in [1.29, 1.82) is 0 Å². The highest BCUT2D eigenvalue weighted by Gasteiger charge is 2.38. The topological polar surface area (TPSA) is 109 Å². The largest absolute Gasteiger partial charge is 0.387 e. The molecule has 0 radical (unpaired) electrons. The van der Waals surface area contributed by atoms with Gasteiger partial charge in [0.25, 0.3) is 0 Å². The first-order valence-electron chi connectivity index (χ1n) is 12.3. The molecular formula is C26H36BrN7O2. The fourth-order valence-corrected chi connectivity index (χ4v) is 5.16. The van der Waals surface area contributed by atoms with Crippen molar-refractivity contribution in [2.24, 2.45) is 0 Å². The Bertz CT molecular complexity index is 1190. The number of H-pyrrole nitrogens is 1. The molecule has 4 rings (SSSR count). The van der Waals surface area contributed by atoms with Gasteiger partial charge in [0, 0.05) is 42.5 Å². The van der Waals surface area contributed by atoms with Crippen LogP contribution in [-0.2, 0) is 5.41 Å². The summed E-state index contributed by atoms with van der Waals surface area (Å²) < 4.78 is 0.916. The van der Waals surface area contributed by atoms with Crippen molar-refractivity contribution in [3.8, 4) is 0 Å². The summed E-state index contributed by atoms with van der Waals surface area (Å²) in [6.45, 7) is 9.61. The van der Waals surface area contributed by atoms with Gasteiger partial charge in [-0.05, 0) is 65.5 Å². The molecule has 4 N–H and O–H groups in total. The Hall–Kier alpha value is -2.69. The van der Waals surface area contributed by atoms with E-state index in [2.05, 4.69) is 72.1 Å². The second-order valence-corrected chi connectivity index (χ2v) is 11.6. The van der Waals surface area contributed by atoms with E-state index in [0.717, 1.165) is 46.5 Å². The lowest BCUT2D eigenvalue weighted by Gasteiger charge is -2.29. The van der Waals surface area contributed by atoms with Crippen LogP contribution in [0.4, 0.5) is 16.3 Å². The maximum atomic E-state index is 12.2. The van der Waals surface area contributed by atoms with Gasteiger partial charge in [-0.25, -0.2) is 14.8 Å². The number of amides is 2. The Kier molecular flexibility index (Phi) is 7.87. The molecule has 0 aliphatic carbocycles. The van der Waals surface area contributed by atoms with Crippen LogP contribution in [0.25, 0.3) is 11.0 Å². The lowest BCUT2D eigenvalue weighted by molar-refractivity contribution is 0.0298. The molecule has 0 bridgehead atoms. The minimum Gasteiger partial charge on any atom is -0.387 e. The first-order valence-corrected chi connectivity index (χ1v) is 13.1. The maximum absolute atomic E-state index is 12.2. The van der Waals surface area contributed by atoms with Crippen LogP contribution in [0.5, 0.6) is 0 Å². The predicted molar refractivity (Wildman–Crippen MR) is 148 cm³/mol. The van der Waals surface area contributed by atoms with Crippen molar-refractivity contribution in [2.75, 3.05) is 50.0 Å². The van der Waals surface area contributed by atoms with E-state index in [-0.39, 0.29) is 11.4 Å². The van der Waals surface area contributed by atoms with Crippen LogP contribution >= 0.6 is 15.9 Å². The van der Waals surface area contributed by atoms with Gasteiger partial charge >= 0.3 is 6.03 Å². The summed E-state index contributed by atoms with van der Waals surface area (Å²) in [6, 6.07) is 7.74. The number of carbonyl (C=O) groups is 1. The van der Waals surface area contributed by atoms with Gasteiger partial charge in [0.15, 0.2) is 0 Å². The average molecular weight is 559 g/mol. The minimum atomic E-state index is -0.821. The summed E-state index contributed by atoms with van der Waals surface area (Å²) in [5, 5.41) is 18.0. The summed E-state index contributed by atoms with van der Waals surface area (Å²) in [6.07, 6.45) is 4.86. The number of rotatable bonds is 8. The van der Waals surface area contributed by atoms with Crippen LogP contribution in [0.15, 0.2) is 41.3 Å². The molecule has 2 amide bonds. The molecule has 1 aromatic carbocycles. The number of aromatic amines is 1. The molecule has 3 aromatic rings. The maximum Gasteiger partial charge on any atom is 0.319 e. The van der Waals surface area contributed by atoms with Crippen molar-refractivity contribution in [2.45, 2.75) is 44.6 Å². The Labute approximate surface area is 220 Å². The van der Waals surface area contributed by atoms with E-state index >= 15 is 0 Å². The average Bonchev–Trinajstić information content (AvgIpc) is 3.39. The number of nitrogens with one attached hydrogen (secondary N) is 3. The van der Waals surface area contributed by atoms with Gasteiger partial charge in [-0.3, -0.25) is 0 Å². The van der Waals surface area contributed by atoms with E-state index in [1.165, 1.54) is 5.56 Å². The molecule has 0 spiro atoms. The van der Waals surface area contributed by atoms with Gasteiger partial charge in [0.2, 0.25) is 0 Å². The van der Waals surface area contributed by atoms with Crippen LogP contribution < -0.4 is 15.5 Å². The smallest absolute Gasteiger partial charge is 0.319 e. The minimum absolute atomic E-state index is 0.0820. The molecule has 10 heteroatoms. The number of β-amino-alcohol motifs (C(OH)–C–C–N with tert-alkyl or cyclic N) is 1. The van der Waals surface area contributed by atoms with Crippen molar-refractivity contribution >= 4 is 44.5 Å². The monoisotopic (exact) mass is 557 g/mol. The Morgan fingerprint density at radius 2 is 2.03 bits per heavy atom. The molecule has 1 fully saturated rings. The quantitative estimate of drug-likeness (QED) is 0.310. The first-order chi connectivity index (χ1) is 17.0. The molecule has 1 unspecified atom stereocenters. The van der Waals surface area contributed by atoms with Crippen molar-refractivity contribution in [3.05, 3.63) is 46.8 Å². The molecule has 1 aliphatic heterocycles. The van der Waals surface area contributed by atoms with Gasteiger partial charge in [-0.1, -0.05) is 32.9 Å². The van der Waals surface area contributed by atoms with E-state index in [1.807, 2.05) is 37.5 Å². The number of anilines is 2. The molecule has 9 nitrogen and oxygen atoms in total. The SMILES string of the molecule is CN(CCCNC(=O)Nc1ccc(C(C)(C)C)cc1)CC1(O)CCN(c2ncnc3[nH]cc(Br)c23)C1. The molecule has 36 heavy (non-hydrogen) atoms. The van der Waals surface area contributed by atoms with Crippen LogP contribution in [-0.4, -0.2) is 76.4 Å². The van der Waals surface area contributed by atoms with Gasteiger partial charge < -0.3 is 30.5 Å². The molecule has 2 aromatic heterocycles. The lowest BCUT2D eigenvalue weighted by atomic mass is 9.87. The second-order valence-electron chi connectivity index (χ2n) is 10.8. The first kappa shape index (κ1) is 26.4. The number of carbonyl (C=O) groups excluding carboxylic acids is 1. The zero-order chi connectivity index (χ0) is 25.9. The molecule has 0 saturated carbocycles. The van der Waals surface area contributed by atoms with Crippen molar-refractivity contribution in [1.82, 2.24) is 25.2 Å². The highest BCUT2D eigenvalue weighted by molar-refractivity contribution is 9.10. The normalized spacial score (nSPS) is 18.2. The molecule has 1 saturated heterocycles. The molecular weight excluding hydrogens is 522 g/mol. The van der Waals surface area contributed by atoms with Crippen LogP contribution in [0.3, 0.4) is 0 Å². The van der Waals surface area contributed by atoms with Gasteiger partial charge in [0.1, 0.15) is 17.8 Å². The van der Waals surface area contributed by atoms with Gasteiger partial charge in [-0.15, -0.1) is 0 Å². The number of hydrogen-bond acceptors (Lipinski definition) is 6. The van der Waals surface area contributed by atoms with Crippen LogP contribution in [0.2, 0.25) is 0 Å². The number of likely N-dealkylation sites (N-methyl/N-ethyl adjacent to an activating group) is 1. The molecule has 194 valence electrons. The summed E-state index contributed by atoms with van der Waals surface area (Å²) in [7, 11) is 2.00. The number of urea groups is 1. The number of nitrogens with zero attached hydrogens (tertiary/aromatic N) is 4. The fraction of sp³-hybridized carbons (Fsp3) is 0.500. The zero-order valence-electron chi connectivity index (χ0n) is 21.4. The highest BCUT2D eigenvalue weighted by atomic mass is 79.9. The second kappa shape index (κ2) is 10.7. The van der Waals surface area contributed by atoms with Crippen LogP contribution in [0, 0.1) is 0 Å². The Morgan fingerprint density at radius 1 is 1.28 bits per heavy atom. The zero-order valence-corrected chi connectivity index (χ0v) is 23.0. The number of benzene rings is 1. The number of halogens is 1. The molecule has 1 atom stereocenters. The fourth-order valence-electron chi connectivity index (χ4n) is 4.68. The van der Waals surface area contributed by atoms with Gasteiger partial charge in [-0.2, -0.15) is 0 Å². The van der Waals surface area contributed by atoms with Crippen molar-refractivity contribution in [3.63, 3.8) is 0 Å². The third-order valence-electron chi connectivity index (χ3n) is 6.61. The third-order valence-corrected chi connectivity index (χ3v) is 7.23. The van der Waals surface area contributed by atoms with E-state index in [4.69, 9.17) is 0 Å². The van der Waals surface area contributed by atoms with E-state index < -0.39 is 5.60 Å². The highest BCUT2D eigenvalue weighted by Crippen LogP contribution is 2.34. The van der Waals surface area contributed by atoms with Crippen LogP contribution in [0.1, 0.15) is 39.2 Å². The standard InChI is InChI=1S/C26H36BrN7O2/c1-25(2,3)18-6-8-19(9-7-18)32-24(35)28-11-5-12-33(4)15-26(36)10-13-34(16-26)23-21-20(27)14-29-22(21)30-17-31-23/h6-9,14,17,36H,5,10-13,15-16H2,1-4H3,(H2,28,32,35)(H,29,30,31). The Morgan fingerprint density at radius 3 is 2.75 bits per heavy atom. The molecule has 1 aliphatic rings. The summed E-state index contributed by atoms with van der Waals surface area (Å²) in [4.78, 5) is 28.4. The van der Waals surface area contributed by atoms with E-state index in [0.29, 0.717) is 26.1 Å². The van der Waals surface area contributed by atoms with E-state index in [1.54, 1.807) is 6.33 Å². The summed E-state index contributed by atoms with van der Waals surface area (Å²) in [5.41, 5.74) is 2.04. The van der Waals surface area contributed by atoms with Crippen molar-refractivity contribution < 1.29 is 9.90 Å². The summed E-state index contributed by atoms with van der Waals surface area (Å²) in [5.74, 6) is 0.829. The Balaban J connectivity index is 1.20. The summed E-state index contributed by atoms with van der Waals surface area (Å²) >= 11 is 3.56. The number of hydrogen-bond donors (Lipinski definition) is 4. The number of aromatic nitrogens is 3. The third kappa shape index (κ3) is 6.35. The van der Waals surface area contributed by atoms with Gasteiger partial charge in [0.05, 0.1) is 11.0 Å². The number of fused-ring (bicyclic) bond motifs is 1.